The molecule has 1 heterocycles. The Balaban J connectivity index is 2.23. The van der Waals surface area contributed by atoms with Crippen molar-refractivity contribution in [2.24, 2.45) is 0 Å². The van der Waals surface area contributed by atoms with E-state index in [0.717, 1.165) is 34.8 Å². The zero-order chi connectivity index (χ0) is 15.0. The molecule has 2 aromatic carbocycles. The minimum atomic E-state index is 0.220. The number of para-hydroxylation sites is 1. The molecule has 0 saturated heterocycles. The quantitative estimate of drug-likeness (QED) is 0.852. The molecule has 0 spiro atoms. The fourth-order valence-corrected chi connectivity index (χ4v) is 2.99. The number of methoxy groups -OCH3 is 2. The van der Waals surface area contributed by atoms with Crippen molar-refractivity contribution in [2.75, 3.05) is 14.2 Å². The van der Waals surface area contributed by atoms with Gasteiger partial charge in [0.25, 0.3) is 0 Å². The van der Waals surface area contributed by atoms with E-state index in [0.29, 0.717) is 0 Å². The summed E-state index contributed by atoms with van der Waals surface area (Å²) in [7, 11) is 3.32. The van der Waals surface area contributed by atoms with Gasteiger partial charge in [-0.1, -0.05) is 18.2 Å². The van der Waals surface area contributed by atoms with Crippen LogP contribution in [0, 0.1) is 6.92 Å². The molecule has 1 aliphatic rings. The first kappa shape index (κ1) is 13.8. The van der Waals surface area contributed by atoms with Gasteiger partial charge in [0.2, 0.25) is 0 Å². The minimum absolute atomic E-state index is 0.220. The van der Waals surface area contributed by atoms with Crippen LogP contribution in [0.1, 0.15) is 18.1 Å². The summed E-state index contributed by atoms with van der Waals surface area (Å²) in [6.45, 7) is 4.21. The van der Waals surface area contributed by atoms with Gasteiger partial charge in [0, 0.05) is 17.5 Å². The van der Waals surface area contributed by atoms with Gasteiger partial charge in [-0.05, 0) is 37.1 Å². The molecule has 0 amide bonds. The maximum atomic E-state index is 6.02. The number of hydrogen-bond acceptors (Lipinski definition) is 3. The van der Waals surface area contributed by atoms with Gasteiger partial charge in [0.05, 0.1) is 14.2 Å². The summed E-state index contributed by atoms with van der Waals surface area (Å²) < 4.78 is 17.0. The third-order valence-electron chi connectivity index (χ3n) is 3.83. The number of aryl methyl sites for hydroxylation is 1. The molecular formula is C18H20O3. The molecule has 3 heteroatoms. The van der Waals surface area contributed by atoms with Crippen LogP contribution in [0.2, 0.25) is 0 Å². The van der Waals surface area contributed by atoms with Crippen LogP contribution in [-0.2, 0) is 6.42 Å². The van der Waals surface area contributed by atoms with E-state index in [4.69, 9.17) is 14.2 Å². The third-order valence-corrected chi connectivity index (χ3v) is 3.83. The number of ether oxygens (including phenoxy) is 3. The Hall–Kier alpha value is -2.16. The summed E-state index contributed by atoms with van der Waals surface area (Å²) in [4.78, 5) is 0. The van der Waals surface area contributed by atoms with Gasteiger partial charge in [-0.15, -0.1) is 0 Å². The number of hydrogen-bond donors (Lipinski definition) is 0. The maximum absolute atomic E-state index is 6.02. The van der Waals surface area contributed by atoms with Crippen molar-refractivity contribution >= 4 is 0 Å². The molecule has 3 nitrogen and oxygen atoms in total. The predicted molar refractivity (Wildman–Crippen MR) is 83.5 cm³/mol. The Morgan fingerprint density at radius 1 is 1.10 bits per heavy atom. The van der Waals surface area contributed by atoms with Gasteiger partial charge in [0.15, 0.2) is 11.5 Å². The Morgan fingerprint density at radius 3 is 2.62 bits per heavy atom. The highest BCUT2D eigenvalue weighted by molar-refractivity contribution is 5.80. The zero-order valence-electron chi connectivity index (χ0n) is 12.9. The third kappa shape index (κ3) is 2.33. The lowest BCUT2D eigenvalue weighted by Gasteiger charge is -2.16. The Kier molecular flexibility index (Phi) is 3.50. The van der Waals surface area contributed by atoms with Crippen LogP contribution >= 0.6 is 0 Å². The van der Waals surface area contributed by atoms with Crippen LogP contribution in [0.5, 0.6) is 17.2 Å². The van der Waals surface area contributed by atoms with Crippen molar-refractivity contribution in [3.63, 3.8) is 0 Å². The molecule has 1 atom stereocenters. The van der Waals surface area contributed by atoms with Crippen LogP contribution in [-0.4, -0.2) is 20.3 Å². The number of benzene rings is 2. The minimum Gasteiger partial charge on any atom is -0.493 e. The van der Waals surface area contributed by atoms with Gasteiger partial charge in [-0.3, -0.25) is 0 Å². The standard InChI is InChI=1S/C18H20O3/c1-11-8-13-10-12(2)21-17(13)15(9-11)14-6-5-7-16(19-3)18(14)20-4/h5-9,12H,10H2,1-4H3. The highest BCUT2D eigenvalue weighted by atomic mass is 16.5. The summed E-state index contributed by atoms with van der Waals surface area (Å²) in [5.41, 5.74) is 4.57. The second-order valence-electron chi connectivity index (χ2n) is 5.47. The van der Waals surface area contributed by atoms with Crippen LogP contribution in [0.15, 0.2) is 30.3 Å². The van der Waals surface area contributed by atoms with Gasteiger partial charge in [-0.25, -0.2) is 0 Å². The topological polar surface area (TPSA) is 27.7 Å². The highest BCUT2D eigenvalue weighted by Gasteiger charge is 2.25. The maximum Gasteiger partial charge on any atom is 0.168 e. The number of rotatable bonds is 3. The second kappa shape index (κ2) is 5.32. The Labute approximate surface area is 125 Å². The van der Waals surface area contributed by atoms with E-state index in [1.54, 1.807) is 14.2 Å². The largest absolute Gasteiger partial charge is 0.493 e. The molecule has 0 bridgehead atoms. The molecule has 110 valence electrons. The van der Waals surface area contributed by atoms with E-state index in [1.165, 1.54) is 11.1 Å². The molecule has 3 rings (SSSR count). The second-order valence-corrected chi connectivity index (χ2v) is 5.47. The van der Waals surface area contributed by atoms with Crippen molar-refractivity contribution in [1.82, 2.24) is 0 Å². The first-order chi connectivity index (χ1) is 10.1. The molecule has 0 N–H and O–H groups in total. The van der Waals surface area contributed by atoms with Crippen LogP contribution in [0.4, 0.5) is 0 Å². The monoisotopic (exact) mass is 284 g/mol. The molecule has 0 saturated carbocycles. The summed E-state index contributed by atoms with van der Waals surface area (Å²) in [5, 5.41) is 0. The average Bonchev–Trinajstić information content (AvgIpc) is 2.85. The van der Waals surface area contributed by atoms with Crippen molar-refractivity contribution in [3.05, 3.63) is 41.5 Å². The SMILES string of the molecule is COc1cccc(-c2cc(C)cc3c2OC(C)C3)c1OC. The van der Waals surface area contributed by atoms with Gasteiger partial charge < -0.3 is 14.2 Å². The molecule has 0 fully saturated rings. The fraction of sp³-hybridized carbons (Fsp3) is 0.333. The molecule has 2 aromatic rings. The summed E-state index contributed by atoms with van der Waals surface area (Å²) >= 11 is 0. The van der Waals surface area contributed by atoms with E-state index in [9.17, 15) is 0 Å². The molecule has 0 radical (unpaired) electrons. The Bertz CT molecular complexity index is 676. The van der Waals surface area contributed by atoms with Crippen molar-refractivity contribution in [1.29, 1.82) is 0 Å². The lowest BCUT2D eigenvalue weighted by Crippen LogP contribution is -2.05. The van der Waals surface area contributed by atoms with E-state index >= 15 is 0 Å². The van der Waals surface area contributed by atoms with E-state index in [2.05, 4.69) is 26.0 Å². The average molecular weight is 284 g/mol. The molecule has 0 aromatic heterocycles. The number of fused-ring (bicyclic) bond motifs is 1. The predicted octanol–water partition coefficient (Wildman–Crippen LogP) is 4.00. The van der Waals surface area contributed by atoms with Crippen molar-refractivity contribution in [2.45, 2.75) is 26.4 Å². The van der Waals surface area contributed by atoms with E-state index in [-0.39, 0.29) is 6.10 Å². The first-order valence-electron chi connectivity index (χ1n) is 7.15. The molecule has 21 heavy (non-hydrogen) atoms. The fourth-order valence-electron chi connectivity index (χ4n) is 2.99. The smallest absolute Gasteiger partial charge is 0.168 e. The summed E-state index contributed by atoms with van der Waals surface area (Å²) in [6, 6.07) is 10.3. The van der Waals surface area contributed by atoms with Crippen LogP contribution in [0.25, 0.3) is 11.1 Å². The molecular weight excluding hydrogens is 264 g/mol. The lowest BCUT2D eigenvalue weighted by atomic mass is 9.97. The molecule has 0 aliphatic carbocycles. The van der Waals surface area contributed by atoms with Gasteiger partial charge in [0.1, 0.15) is 11.9 Å². The summed E-state index contributed by atoms with van der Waals surface area (Å²) in [5.74, 6) is 2.45. The zero-order valence-corrected chi connectivity index (χ0v) is 12.9. The first-order valence-corrected chi connectivity index (χ1v) is 7.15. The van der Waals surface area contributed by atoms with Crippen molar-refractivity contribution < 1.29 is 14.2 Å². The van der Waals surface area contributed by atoms with Gasteiger partial charge >= 0.3 is 0 Å². The van der Waals surface area contributed by atoms with Gasteiger partial charge in [-0.2, -0.15) is 0 Å². The molecule has 1 aliphatic heterocycles. The summed E-state index contributed by atoms with van der Waals surface area (Å²) in [6.07, 6.45) is 1.17. The molecule has 1 unspecified atom stereocenters. The van der Waals surface area contributed by atoms with Crippen LogP contribution < -0.4 is 14.2 Å². The Morgan fingerprint density at radius 2 is 1.90 bits per heavy atom. The van der Waals surface area contributed by atoms with Crippen molar-refractivity contribution in [3.8, 4) is 28.4 Å². The highest BCUT2D eigenvalue weighted by Crippen LogP contribution is 2.45. The van der Waals surface area contributed by atoms with E-state index in [1.807, 2.05) is 18.2 Å². The normalized spacial score (nSPS) is 16.3. The lowest BCUT2D eigenvalue weighted by molar-refractivity contribution is 0.255. The van der Waals surface area contributed by atoms with Crippen LogP contribution in [0.3, 0.4) is 0 Å². The van der Waals surface area contributed by atoms with E-state index < -0.39 is 0 Å².